The zero-order valence-electron chi connectivity index (χ0n) is 17.9. The number of nitrogens with one attached hydrogen (secondary N) is 2. The smallest absolute Gasteiger partial charge is 0.401 e. The lowest BCUT2D eigenvalue weighted by molar-refractivity contribution is -0.165. The van der Waals surface area contributed by atoms with Gasteiger partial charge in [-0.25, -0.2) is 14.8 Å². The van der Waals surface area contributed by atoms with Crippen LogP contribution in [0, 0.1) is 0 Å². The average molecular weight is 486 g/mol. The summed E-state index contributed by atoms with van der Waals surface area (Å²) in [5.41, 5.74) is 2.86. The number of ether oxygens (including phenoxy) is 1. The van der Waals surface area contributed by atoms with Crippen LogP contribution in [0.5, 0.6) is 11.6 Å². The molecular weight excluding hydrogens is 469 g/mol. The third-order valence-electron chi connectivity index (χ3n) is 6.16. The molecule has 4 heterocycles. The Morgan fingerprint density at radius 1 is 1.20 bits per heavy atom. The zero-order valence-corrected chi connectivity index (χ0v) is 17.9. The summed E-state index contributed by atoms with van der Waals surface area (Å²) in [7, 11) is 0. The Balaban J connectivity index is 1.20. The lowest BCUT2D eigenvalue weighted by Crippen LogP contribution is -2.28. The fourth-order valence-electron chi connectivity index (χ4n) is 4.06. The number of carbonyl (C=O) groups is 1. The van der Waals surface area contributed by atoms with Crippen molar-refractivity contribution in [2.24, 2.45) is 0 Å². The summed E-state index contributed by atoms with van der Waals surface area (Å²) in [6.45, 7) is 0.702. The number of hydrogen-bond acceptors (Lipinski definition) is 8. The molecule has 1 aliphatic heterocycles. The largest absolute Gasteiger partial charge is 0.439 e. The van der Waals surface area contributed by atoms with Gasteiger partial charge in [0.15, 0.2) is 11.6 Å². The first-order chi connectivity index (χ1) is 16.8. The minimum atomic E-state index is -4.43. The summed E-state index contributed by atoms with van der Waals surface area (Å²) >= 11 is 0. The molecule has 1 aromatic carbocycles. The normalized spacial score (nSPS) is 16.7. The van der Waals surface area contributed by atoms with Gasteiger partial charge in [-0.1, -0.05) is 5.16 Å². The van der Waals surface area contributed by atoms with Crippen LogP contribution in [-0.4, -0.2) is 31.9 Å². The van der Waals surface area contributed by atoms with Gasteiger partial charge in [0.25, 0.3) is 0 Å². The number of amides is 1. The van der Waals surface area contributed by atoms with E-state index in [2.05, 4.69) is 25.9 Å². The van der Waals surface area contributed by atoms with Crippen LogP contribution in [0.3, 0.4) is 0 Å². The summed E-state index contributed by atoms with van der Waals surface area (Å²) in [4.78, 5) is 26.3. The lowest BCUT2D eigenvalue weighted by atomic mass is 10.0. The van der Waals surface area contributed by atoms with E-state index in [1.165, 1.54) is 17.1 Å². The van der Waals surface area contributed by atoms with Crippen molar-refractivity contribution in [1.29, 1.82) is 0 Å². The summed E-state index contributed by atoms with van der Waals surface area (Å²) in [5, 5.41) is 6.78. The molecule has 35 heavy (non-hydrogen) atoms. The van der Waals surface area contributed by atoms with Gasteiger partial charge in [-0.15, -0.1) is 0 Å². The first-order valence-electron chi connectivity index (χ1n) is 10.7. The molecule has 0 atom stereocenters. The number of carbonyl (C=O) groups excluding carboxylic acids is 1. The van der Waals surface area contributed by atoms with Gasteiger partial charge < -0.3 is 9.26 Å². The fraction of sp³-hybridized carbons (Fsp3) is 0.273. The maximum atomic E-state index is 13.3. The number of rotatable bonds is 4. The van der Waals surface area contributed by atoms with Crippen LogP contribution >= 0.6 is 0 Å². The molecule has 10 nitrogen and oxygen atoms in total. The number of nitrogens with zero attached hydrogens (tertiary/aromatic N) is 4. The van der Waals surface area contributed by atoms with Crippen LogP contribution in [0.4, 0.5) is 23.8 Å². The molecule has 3 aromatic heterocycles. The van der Waals surface area contributed by atoms with E-state index in [4.69, 9.17) is 14.1 Å². The van der Waals surface area contributed by atoms with Gasteiger partial charge in [0, 0.05) is 17.6 Å². The molecule has 1 saturated carbocycles. The van der Waals surface area contributed by atoms with E-state index in [0.29, 0.717) is 35.7 Å². The average Bonchev–Trinajstić information content (AvgIpc) is 3.36. The Labute approximate surface area is 195 Å². The maximum absolute atomic E-state index is 13.3. The van der Waals surface area contributed by atoms with Crippen molar-refractivity contribution in [3.8, 4) is 11.6 Å². The minimum Gasteiger partial charge on any atom is -0.439 e. The summed E-state index contributed by atoms with van der Waals surface area (Å²) < 4.78 is 52.1. The van der Waals surface area contributed by atoms with Crippen LogP contribution < -0.4 is 15.5 Å². The Hall–Kier alpha value is -3.97. The molecule has 2 N–H and O–H groups in total. The third-order valence-corrected chi connectivity index (χ3v) is 6.16. The molecule has 0 bridgehead atoms. The molecule has 0 radical (unpaired) electrons. The third kappa shape index (κ3) is 3.68. The second-order valence-corrected chi connectivity index (χ2v) is 8.31. The van der Waals surface area contributed by atoms with Crippen molar-refractivity contribution >= 4 is 22.8 Å². The first kappa shape index (κ1) is 21.6. The molecule has 6 rings (SSSR count). The van der Waals surface area contributed by atoms with E-state index in [1.807, 2.05) is 0 Å². The van der Waals surface area contributed by atoms with Gasteiger partial charge in [0.1, 0.15) is 24.1 Å². The van der Waals surface area contributed by atoms with Crippen molar-refractivity contribution in [2.75, 3.05) is 5.32 Å². The van der Waals surface area contributed by atoms with Gasteiger partial charge in [0.05, 0.1) is 23.3 Å². The lowest BCUT2D eigenvalue weighted by Gasteiger charge is -2.18. The Morgan fingerprint density at radius 2 is 2.06 bits per heavy atom. The van der Waals surface area contributed by atoms with Crippen LogP contribution in [0.15, 0.2) is 47.4 Å². The van der Waals surface area contributed by atoms with Crippen molar-refractivity contribution in [1.82, 2.24) is 25.2 Å². The van der Waals surface area contributed by atoms with Crippen molar-refractivity contribution in [3.63, 3.8) is 0 Å². The van der Waals surface area contributed by atoms with Crippen molar-refractivity contribution < 1.29 is 32.1 Å². The summed E-state index contributed by atoms with van der Waals surface area (Å²) in [6, 6.07) is 7.36. The predicted octanol–water partition coefficient (Wildman–Crippen LogP) is 4.42. The van der Waals surface area contributed by atoms with Crippen LogP contribution in [-0.2, 0) is 23.4 Å². The molecule has 2 aliphatic rings. The number of aromatic nitrogens is 4. The van der Waals surface area contributed by atoms with Crippen LogP contribution in [0.1, 0.15) is 29.9 Å². The van der Waals surface area contributed by atoms with E-state index in [0.717, 1.165) is 17.3 Å². The topological polar surface area (TPSA) is 116 Å². The number of anilines is 1. The highest BCUT2D eigenvalue weighted by Crippen LogP contribution is 2.59. The highest BCUT2D eigenvalue weighted by Gasteiger charge is 2.66. The quantitative estimate of drug-likeness (QED) is 0.436. The van der Waals surface area contributed by atoms with E-state index >= 15 is 0 Å². The number of benzene rings is 1. The molecule has 1 aliphatic carbocycles. The Morgan fingerprint density at radius 3 is 2.86 bits per heavy atom. The standard InChI is InChI=1S/C22H17F3N6O4/c23-22(24,25)21(4-5-21)17-8-18(30-35-17)29-20(32)31-6-3-12-7-13(1-2-16(12)31)34-19-14-9-28-33-10-15(14)26-11-27-19/h1-3,6-8,11,28H,4-5,9-10H2,(H,29,30,32). The SMILES string of the molecule is O=C(Nc1cc(C2(C(F)(F)F)CC2)on1)n1ccc2cc(Oc3ncnc4c3CNOC4)ccc21. The molecule has 1 amide bonds. The minimum absolute atomic E-state index is 0.0617. The van der Waals surface area contributed by atoms with E-state index in [1.54, 1.807) is 24.3 Å². The van der Waals surface area contributed by atoms with Gasteiger partial charge in [-0.3, -0.25) is 14.7 Å². The first-order valence-corrected chi connectivity index (χ1v) is 10.7. The number of hydrogen-bond donors (Lipinski definition) is 2. The summed E-state index contributed by atoms with van der Waals surface area (Å²) in [6.07, 6.45) is -1.62. The van der Waals surface area contributed by atoms with E-state index in [9.17, 15) is 18.0 Å². The fourth-order valence-corrected chi connectivity index (χ4v) is 4.06. The molecule has 13 heteroatoms. The van der Waals surface area contributed by atoms with E-state index in [-0.39, 0.29) is 24.4 Å². The van der Waals surface area contributed by atoms with E-state index < -0.39 is 17.6 Å². The summed E-state index contributed by atoms with van der Waals surface area (Å²) in [5.74, 6) is 0.518. The van der Waals surface area contributed by atoms with Crippen molar-refractivity contribution in [3.05, 3.63) is 59.9 Å². The second-order valence-electron chi connectivity index (χ2n) is 8.31. The highest BCUT2D eigenvalue weighted by molar-refractivity contribution is 5.98. The molecule has 4 aromatic rings. The van der Waals surface area contributed by atoms with Gasteiger partial charge in [-0.05, 0) is 37.1 Å². The number of fused-ring (bicyclic) bond motifs is 2. The highest BCUT2D eigenvalue weighted by atomic mass is 19.4. The molecule has 1 fully saturated rings. The van der Waals surface area contributed by atoms with Crippen molar-refractivity contribution in [2.45, 2.75) is 37.6 Å². The molecule has 0 spiro atoms. The second kappa shape index (κ2) is 7.78. The van der Waals surface area contributed by atoms with Crippen LogP contribution in [0.2, 0.25) is 0 Å². The molecule has 0 saturated heterocycles. The molecule has 180 valence electrons. The van der Waals surface area contributed by atoms with Gasteiger partial charge in [0.2, 0.25) is 5.88 Å². The number of hydroxylamine groups is 1. The van der Waals surface area contributed by atoms with Gasteiger partial charge >= 0.3 is 12.2 Å². The zero-order chi connectivity index (χ0) is 24.2. The Kier molecular flexibility index (Phi) is 4.79. The number of halogens is 3. The molecular formula is C22H17F3N6O4. The maximum Gasteiger partial charge on any atom is 0.401 e. The Bertz CT molecular complexity index is 1440. The van der Waals surface area contributed by atoms with Crippen LogP contribution in [0.25, 0.3) is 10.9 Å². The number of alkyl halides is 3. The monoisotopic (exact) mass is 486 g/mol. The molecule has 0 unspecified atom stereocenters. The van der Waals surface area contributed by atoms with Gasteiger partial charge in [-0.2, -0.15) is 18.7 Å². The predicted molar refractivity (Wildman–Crippen MR) is 114 cm³/mol.